The minimum Gasteiger partial charge on any atom is -0.454 e. The summed E-state index contributed by atoms with van der Waals surface area (Å²) < 4.78 is 58.9. The van der Waals surface area contributed by atoms with E-state index in [-0.39, 0.29) is 39.3 Å². The Bertz CT molecular complexity index is 1940. The van der Waals surface area contributed by atoms with E-state index in [1.807, 2.05) is 24.3 Å². The van der Waals surface area contributed by atoms with Gasteiger partial charge in [-0.1, -0.05) is 31.1 Å². The highest BCUT2D eigenvalue weighted by Crippen LogP contribution is 2.46. The van der Waals surface area contributed by atoms with Gasteiger partial charge < -0.3 is 29.7 Å². The highest BCUT2D eigenvalue weighted by molar-refractivity contribution is 7.91. The van der Waals surface area contributed by atoms with E-state index in [4.69, 9.17) is 14.2 Å². The van der Waals surface area contributed by atoms with Gasteiger partial charge in [0.15, 0.2) is 11.5 Å². The maximum atomic E-state index is 14.5. The SMILES string of the molecule is O=C1N[C@]2(C(=O)NS(=O)(=O)C3CC3)C[C@H]2/C=C\CCCCC[C@H](Nc2cccc(F)c2)C(=O)N2C[C@H](OC(=O)N3Cc4cc5c(cc4C3)OCO5)C[C@@H]12. The van der Waals surface area contributed by atoms with Crippen molar-refractivity contribution in [2.24, 2.45) is 5.92 Å². The molecule has 3 N–H and O–H groups in total. The number of halogens is 1. The van der Waals surface area contributed by atoms with Gasteiger partial charge in [-0.3, -0.25) is 24.0 Å². The van der Waals surface area contributed by atoms with E-state index in [0.717, 1.165) is 24.0 Å². The molecule has 5 atom stereocenters. The first kappa shape index (κ1) is 35.2. The smallest absolute Gasteiger partial charge is 0.410 e. The van der Waals surface area contributed by atoms with E-state index in [1.165, 1.54) is 28.0 Å². The standard InChI is InChI=1S/C37H42FN5O9S/c38-25-8-6-9-26(15-25)39-29-10-5-3-1-2-4-7-24-17-37(24,35(46)41-53(48,49)28-11-12-28)40-33(44)30-16-27(20-43(30)34(29)45)52-36(47)42-18-22-13-31-32(51-21-50-31)14-23(22)19-42/h4,6-9,13-15,24,27-30,39H,1-3,5,10-12,16-21H2,(H,40,44)(H,41,46)/b7-4-/t24-,27-,29+,30+,37-/m1/s1. The summed E-state index contributed by atoms with van der Waals surface area (Å²) in [5.74, 6) is -1.61. The lowest BCUT2D eigenvalue weighted by Gasteiger charge is -2.30. The second-order valence-corrected chi connectivity index (χ2v) is 16.8. The molecular formula is C37H42FN5O9S. The highest BCUT2D eigenvalue weighted by atomic mass is 32.2. The molecule has 6 aliphatic rings. The van der Waals surface area contributed by atoms with E-state index in [0.29, 0.717) is 49.3 Å². The van der Waals surface area contributed by atoms with Crippen molar-refractivity contribution < 1.29 is 46.2 Å². The molecular weight excluding hydrogens is 709 g/mol. The Kier molecular flexibility index (Phi) is 9.19. The van der Waals surface area contributed by atoms with Gasteiger partial charge in [0.1, 0.15) is 29.5 Å². The van der Waals surface area contributed by atoms with Gasteiger partial charge in [-0.15, -0.1) is 0 Å². The number of fused-ring (bicyclic) bond motifs is 4. The van der Waals surface area contributed by atoms with Crippen LogP contribution < -0.4 is 24.8 Å². The number of carbonyl (C=O) groups excluding carboxylic acids is 4. The largest absolute Gasteiger partial charge is 0.454 e. The van der Waals surface area contributed by atoms with Gasteiger partial charge in [0, 0.05) is 31.1 Å². The van der Waals surface area contributed by atoms with Crippen LogP contribution in [-0.2, 0) is 42.2 Å². The minimum atomic E-state index is -3.90. The van der Waals surface area contributed by atoms with Crippen LogP contribution in [0.15, 0.2) is 48.6 Å². The Morgan fingerprint density at radius 1 is 1.00 bits per heavy atom. The number of allylic oxidation sites excluding steroid dienone is 1. The number of rotatable bonds is 6. The predicted octanol–water partition coefficient (Wildman–Crippen LogP) is 3.46. The fraction of sp³-hybridized carbons (Fsp3) is 0.514. The van der Waals surface area contributed by atoms with Crippen LogP contribution in [0.5, 0.6) is 11.5 Å². The molecule has 2 saturated carbocycles. The van der Waals surface area contributed by atoms with Crippen LogP contribution in [0.3, 0.4) is 0 Å². The van der Waals surface area contributed by atoms with Crippen molar-refractivity contribution in [2.75, 3.05) is 18.7 Å². The first-order valence-corrected chi connectivity index (χ1v) is 19.8. The second kappa shape index (κ2) is 13.8. The molecule has 4 aliphatic heterocycles. The number of sulfonamides is 1. The molecule has 0 aromatic heterocycles. The summed E-state index contributed by atoms with van der Waals surface area (Å²) in [5.41, 5.74) is 0.668. The average molecular weight is 752 g/mol. The van der Waals surface area contributed by atoms with Crippen LogP contribution in [0.2, 0.25) is 0 Å². The van der Waals surface area contributed by atoms with Crippen LogP contribution in [0, 0.1) is 11.7 Å². The van der Waals surface area contributed by atoms with Crippen molar-refractivity contribution in [3.05, 3.63) is 65.5 Å². The minimum absolute atomic E-state index is 0.0503. The molecule has 3 fully saturated rings. The Hall–Kier alpha value is -4.86. The van der Waals surface area contributed by atoms with Crippen molar-refractivity contribution in [1.82, 2.24) is 19.8 Å². The average Bonchev–Trinajstić information content (AvgIpc) is 3.94. The summed E-state index contributed by atoms with van der Waals surface area (Å²) in [4.78, 5) is 58.8. The fourth-order valence-corrected chi connectivity index (χ4v) is 9.12. The third-order valence-corrected chi connectivity index (χ3v) is 12.8. The van der Waals surface area contributed by atoms with Gasteiger partial charge in [-0.2, -0.15) is 0 Å². The molecule has 0 bridgehead atoms. The molecule has 282 valence electrons. The Labute approximate surface area is 306 Å². The number of nitrogens with one attached hydrogen (secondary N) is 3. The quantitative estimate of drug-likeness (QED) is 0.372. The van der Waals surface area contributed by atoms with Crippen molar-refractivity contribution in [3.8, 4) is 11.5 Å². The lowest BCUT2D eigenvalue weighted by atomic mass is 10.0. The lowest BCUT2D eigenvalue weighted by Crippen LogP contribution is -2.57. The molecule has 16 heteroatoms. The first-order valence-electron chi connectivity index (χ1n) is 18.2. The topological polar surface area (TPSA) is 173 Å². The van der Waals surface area contributed by atoms with Crippen LogP contribution >= 0.6 is 0 Å². The first-order chi connectivity index (χ1) is 25.5. The number of benzene rings is 2. The third-order valence-electron chi connectivity index (χ3n) is 11.0. The Balaban J connectivity index is 1.04. The van der Waals surface area contributed by atoms with Crippen molar-refractivity contribution in [1.29, 1.82) is 0 Å². The number of anilines is 1. The molecule has 4 heterocycles. The highest BCUT2D eigenvalue weighted by Gasteiger charge is 2.62. The number of ether oxygens (including phenoxy) is 3. The van der Waals surface area contributed by atoms with Gasteiger partial charge in [-0.25, -0.2) is 17.6 Å². The molecule has 2 aliphatic carbocycles. The summed E-state index contributed by atoms with van der Waals surface area (Å²) in [6, 6.07) is 7.48. The second-order valence-electron chi connectivity index (χ2n) is 14.8. The number of nitrogens with zero attached hydrogens (tertiary/aromatic N) is 2. The molecule has 1 saturated heterocycles. The van der Waals surface area contributed by atoms with Crippen LogP contribution in [-0.4, -0.2) is 84.3 Å². The van der Waals surface area contributed by atoms with E-state index in [1.54, 1.807) is 6.07 Å². The predicted molar refractivity (Wildman–Crippen MR) is 187 cm³/mol. The number of amides is 4. The molecule has 8 rings (SSSR count). The van der Waals surface area contributed by atoms with Crippen molar-refractivity contribution in [2.45, 2.75) is 99.9 Å². The van der Waals surface area contributed by atoms with Crippen molar-refractivity contribution >= 4 is 39.5 Å². The van der Waals surface area contributed by atoms with Gasteiger partial charge in [-0.05, 0) is 80.0 Å². The molecule has 0 unspecified atom stereocenters. The van der Waals surface area contributed by atoms with Gasteiger partial charge >= 0.3 is 6.09 Å². The van der Waals surface area contributed by atoms with E-state index >= 15 is 0 Å². The van der Waals surface area contributed by atoms with Gasteiger partial charge in [0.2, 0.25) is 28.6 Å². The van der Waals surface area contributed by atoms with Crippen LogP contribution in [0.25, 0.3) is 0 Å². The monoisotopic (exact) mass is 751 g/mol. The van der Waals surface area contributed by atoms with E-state index in [9.17, 15) is 32.0 Å². The molecule has 0 radical (unpaired) electrons. The number of hydrogen-bond donors (Lipinski definition) is 3. The van der Waals surface area contributed by atoms with Crippen LogP contribution in [0.1, 0.15) is 68.9 Å². The Morgan fingerprint density at radius 2 is 1.75 bits per heavy atom. The van der Waals surface area contributed by atoms with Gasteiger partial charge in [0.25, 0.3) is 5.91 Å². The van der Waals surface area contributed by atoms with E-state index < -0.39 is 74.5 Å². The summed E-state index contributed by atoms with van der Waals surface area (Å²) in [6.45, 7) is 0.594. The normalized spacial score (nSPS) is 28.8. The third kappa shape index (κ3) is 7.25. The summed E-state index contributed by atoms with van der Waals surface area (Å²) >= 11 is 0. The molecule has 14 nitrogen and oxygen atoms in total. The summed E-state index contributed by atoms with van der Waals surface area (Å²) in [7, 11) is -3.90. The summed E-state index contributed by atoms with van der Waals surface area (Å²) in [5, 5.41) is 5.36. The van der Waals surface area contributed by atoms with Crippen LogP contribution in [0.4, 0.5) is 14.9 Å². The fourth-order valence-electron chi connectivity index (χ4n) is 7.76. The molecule has 2 aromatic rings. The zero-order valence-corrected chi connectivity index (χ0v) is 29.9. The Morgan fingerprint density at radius 3 is 2.47 bits per heavy atom. The van der Waals surface area contributed by atoms with Crippen molar-refractivity contribution in [3.63, 3.8) is 0 Å². The molecule has 0 spiro atoms. The number of hydrogen-bond acceptors (Lipinski definition) is 10. The molecule has 4 amide bonds. The van der Waals surface area contributed by atoms with Gasteiger partial charge in [0.05, 0.1) is 11.8 Å². The zero-order valence-electron chi connectivity index (χ0n) is 29.1. The van der Waals surface area contributed by atoms with E-state index in [2.05, 4.69) is 15.4 Å². The maximum Gasteiger partial charge on any atom is 0.410 e. The zero-order chi connectivity index (χ0) is 36.9. The lowest BCUT2D eigenvalue weighted by molar-refractivity contribution is -0.140. The summed E-state index contributed by atoms with van der Waals surface area (Å²) in [6.07, 6.45) is 6.72. The molecule has 2 aromatic carbocycles. The maximum absolute atomic E-state index is 14.5. The number of carbonyl (C=O) groups is 4. The molecule has 53 heavy (non-hydrogen) atoms.